The van der Waals surface area contributed by atoms with E-state index < -0.39 is 12.0 Å². The van der Waals surface area contributed by atoms with Gasteiger partial charge in [-0.05, 0) is 62.7 Å². The Kier molecular flexibility index (Phi) is 5.49. The highest BCUT2D eigenvalue weighted by Gasteiger charge is 2.22. The van der Waals surface area contributed by atoms with Crippen molar-refractivity contribution in [1.82, 2.24) is 15.0 Å². The number of benzene rings is 1. The third-order valence-corrected chi connectivity index (χ3v) is 5.83. The summed E-state index contributed by atoms with van der Waals surface area (Å²) in [5, 5.41) is 0.520. The molecule has 0 radical (unpaired) electrons. The molecular weight excluding hydrogens is 472 g/mol. The lowest BCUT2D eigenvalue weighted by Crippen LogP contribution is -2.17. The molecule has 0 aliphatic carbocycles. The van der Waals surface area contributed by atoms with Crippen molar-refractivity contribution >= 4 is 39.7 Å². The fourth-order valence-electron chi connectivity index (χ4n) is 3.94. The van der Waals surface area contributed by atoms with E-state index in [0.717, 1.165) is 5.56 Å². The predicted octanol–water partition coefficient (Wildman–Crippen LogP) is 4.90. The molecule has 2 N–H and O–H groups in total. The molecule has 176 valence electrons. The van der Waals surface area contributed by atoms with Crippen LogP contribution in [-0.4, -0.2) is 20.9 Å². The molecule has 0 spiro atoms. The van der Waals surface area contributed by atoms with E-state index in [4.69, 9.17) is 30.9 Å². The van der Waals surface area contributed by atoms with E-state index in [1.165, 1.54) is 18.5 Å². The van der Waals surface area contributed by atoms with Gasteiger partial charge in [0.05, 0.1) is 5.39 Å². The largest absolute Gasteiger partial charge is 0.483 e. The first-order valence-corrected chi connectivity index (χ1v) is 11.0. The lowest BCUT2D eigenvalue weighted by Gasteiger charge is -2.19. The van der Waals surface area contributed by atoms with Crippen LogP contribution >= 0.6 is 11.6 Å². The summed E-state index contributed by atoms with van der Waals surface area (Å²) in [7, 11) is 0. The van der Waals surface area contributed by atoms with Crippen LogP contribution in [0.2, 0.25) is 5.15 Å². The number of hydrogen-bond acceptors (Lipinski definition) is 8. The number of primary amides is 1. The SMILES string of the molecule is Cc1cc([C@@H](C)Oc2ccc(Cl)nc2C(N)=O)c2oc(-c3ccc4ocnc4n3)c(C)c(=O)c2c1. The number of nitrogens with two attached hydrogens (primary N) is 1. The second-order valence-electron chi connectivity index (χ2n) is 8.09. The van der Waals surface area contributed by atoms with Gasteiger partial charge in [-0.2, -0.15) is 4.98 Å². The van der Waals surface area contributed by atoms with Crippen molar-refractivity contribution in [3.05, 3.63) is 80.6 Å². The second kappa shape index (κ2) is 8.52. The van der Waals surface area contributed by atoms with Gasteiger partial charge in [0.25, 0.3) is 5.91 Å². The molecule has 4 heterocycles. The molecule has 0 aliphatic rings. The lowest BCUT2D eigenvalue weighted by molar-refractivity contribution is 0.0988. The van der Waals surface area contributed by atoms with Crippen LogP contribution in [0.3, 0.4) is 0 Å². The monoisotopic (exact) mass is 490 g/mol. The number of aryl methyl sites for hydroxylation is 1. The van der Waals surface area contributed by atoms with Crippen LogP contribution in [0.25, 0.3) is 33.7 Å². The number of fused-ring (bicyclic) bond motifs is 2. The summed E-state index contributed by atoms with van der Waals surface area (Å²) in [6, 6.07) is 10.1. The summed E-state index contributed by atoms with van der Waals surface area (Å²) >= 11 is 5.91. The van der Waals surface area contributed by atoms with Crippen LogP contribution in [0, 0.1) is 13.8 Å². The smallest absolute Gasteiger partial charge is 0.271 e. The number of rotatable bonds is 5. The van der Waals surface area contributed by atoms with Crippen molar-refractivity contribution in [3.63, 3.8) is 0 Å². The number of aromatic nitrogens is 3. The molecule has 0 bridgehead atoms. The quantitative estimate of drug-likeness (QED) is 0.344. The summed E-state index contributed by atoms with van der Waals surface area (Å²) < 4.78 is 17.6. The molecule has 9 nitrogen and oxygen atoms in total. The highest BCUT2D eigenvalue weighted by molar-refractivity contribution is 6.29. The van der Waals surface area contributed by atoms with Gasteiger partial charge in [0.1, 0.15) is 22.5 Å². The number of nitrogens with zero attached hydrogens (tertiary/aromatic N) is 3. The molecule has 0 fully saturated rings. The minimum atomic E-state index is -0.775. The third kappa shape index (κ3) is 4.00. The van der Waals surface area contributed by atoms with Gasteiger partial charge in [0.2, 0.25) is 0 Å². The van der Waals surface area contributed by atoms with Crippen molar-refractivity contribution in [1.29, 1.82) is 0 Å². The topological polar surface area (TPSA) is 134 Å². The summed E-state index contributed by atoms with van der Waals surface area (Å²) in [4.78, 5) is 37.7. The number of pyridine rings is 2. The van der Waals surface area contributed by atoms with Crippen molar-refractivity contribution < 1.29 is 18.4 Å². The van der Waals surface area contributed by atoms with Gasteiger partial charge in [-0.15, -0.1) is 0 Å². The van der Waals surface area contributed by atoms with E-state index in [1.807, 2.05) is 13.0 Å². The Morgan fingerprint density at radius 1 is 1.14 bits per heavy atom. The number of carbonyl (C=O) groups is 1. The van der Waals surface area contributed by atoms with Crippen molar-refractivity contribution in [3.8, 4) is 17.2 Å². The molecule has 0 unspecified atom stereocenters. The number of oxazole rings is 1. The van der Waals surface area contributed by atoms with Crippen LogP contribution in [0.15, 0.2) is 56.4 Å². The number of ether oxygens (including phenoxy) is 1. The first kappa shape index (κ1) is 22.5. The van der Waals surface area contributed by atoms with Crippen molar-refractivity contribution in [2.45, 2.75) is 26.9 Å². The standard InChI is InChI=1S/C25H19ClN4O5/c1-11-8-14(13(3)34-17-6-7-19(26)30-20(17)24(27)32)23-15(9-11)21(31)12(2)22(35-23)16-4-5-18-25(29-16)28-10-33-18/h4-10,13H,1-3H3,(H2,27,32)/t13-/m1/s1. The molecule has 1 atom stereocenters. The van der Waals surface area contributed by atoms with E-state index in [9.17, 15) is 9.59 Å². The highest BCUT2D eigenvalue weighted by atomic mass is 35.5. The lowest BCUT2D eigenvalue weighted by atomic mass is 10.0. The van der Waals surface area contributed by atoms with E-state index in [-0.39, 0.29) is 22.0 Å². The minimum absolute atomic E-state index is 0.0931. The van der Waals surface area contributed by atoms with Gasteiger partial charge in [-0.3, -0.25) is 9.59 Å². The molecule has 1 amide bonds. The fraction of sp³-hybridized carbons (Fsp3) is 0.160. The molecule has 35 heavy (non-hydrogen) atoms. The molecule has 0 saturated heterocycles. The van der Waals surface area contributed by atoms with Gasteiger partial charge in [0.15, 0.2) is 40.3 Å². The van der Waals surface area contributed by atoms with Gasteiger partial charge in [-0.25, -0.2) is 9.97 Å². The fourth-order valence-corrected chi connectivity index (χ4v) is 4.09. The van der Waals surface area contributed by atoms with Gasteiger partial charge >= 0.3 is 0 Å². The Bertz CT molecular complexity index is 1690. The average Bonchev–Trinajstić information content (AvgIpc) is 3.30. The summed E-state index contributed by atoms with van der Waals surface area (Å²) in [5.41, 5.74) is 8.74. The van der Waals surface area contributed by atoms with Crippen LogP contribution in [0.1, 0.15) is 40.2 Å². The normalized spacial score (nSPS) is 12.2. The molecule has 4 aromatic heterocycles. The molecule has 5 rings (SSSR count). The highest BCUT2D eigenvalue weighted by Crippen LogP contribution is 2.33. The maximum absolute atomic E-state index is 13.4. The minimum Gasteiger partial charge on any atom is -0.483 e. The number of halogens is 1. The molecule has 0 aliphatic heterocycles. The van der Waals surface area contributed by atoms with Gasteiger partial charge < -0.3 is 19.3 Å². The third-order valence-electron chi connectivity index (χ3n) is 5.62. The van der Waals surface area contributed by atoms with Crippen LogP contribution in [0.4, 0.5) is 0 Å². The molecule has 10 heteroatoms. The Hall–Kier alpha value is -4.24. The van der Waals surface area contributed by atoms with Crippen LogP contribution in [-0.2, 0) is 0 Å². The molecule has 5 aromatic rings. The summed E-state index contributed by atoms with van der Waals surface area (Å²) in [5.74, 6) is -0.296. The maximum atomic E-state index is 13.4. The Balaban J connectivity index is 1.67. The summed E-state index contributed by atoms with van der Waals surface area (Å²) in [6.45, 7) is 5.33. The Morgan fingerprint density at radius 2 is 1.94 bits per heavy atom. The van der Waals surface area contributed by atoms with Crippen LogP contribution < -0.4 is 15.9 Å². The second-order valence-corrected chi connectivity index (χ2v) is 8.48. The van der Waals surface area contributed by atoms with Crippen LogP contribution in [0.5, 0.6) is 5.75 Å². The van der Waals surface area contributed by atoms with Crippen molar-refractivity contribution in [2.75, 3.05) is 0 Å². The van der Waals surface area contributed by atoms with E-state index in [2.05, 4.69) is 15.0 Å². The van der Waals surface area contributed by atoms with Gasteiger partial charge in [0, 0.05) is 11.1 Å². The zero-order valence-electron chi connectivity index (χ0n) is 19.0. The van der Waals surface area contributed by atoms with Gasteiger partial charge in [-0.1, -0.05) is 11.6 Å². The average molecular weight is 491 g/mol. The maximum Gasteiger partial charge on any atom is 0.271 e. The molecule has 0 saturated carbocycles. The Labute approximate surface area is 203 Å². The predicted molar refractivity (Wildman–Crippen MR) is 130 cm³/mol. The van der Waals surface area contributed by atoms with E-state index in [0.29, 0.717) is 44.8 Å². The zero-order valence-corrected chi connectivity index (χ0v) is 19.7. The number of hydrogen-bond donors (Lipinski definition) is 1. The molecular formula is C25H19ClN4O5. The van der Waals surface area contributed by atoms with Crippen molar-refractivity contribution in [2.24, 2.45) is 5.73 Å². The Morgan fingerprint density at radius 3 is 2.71 bits per heavy atom. The zero-order chi connectivity index (χ0) is 24.9. The number of amides is 1. The first-order chi connectivity index (χ1) is 16.7. The van der Waals surface area contributed by atoms with E-state index in [1.54, 1.807) is 32.0 Å². The number of carbonyl (C=O) groups excluding carboxylic acids is 1. The van der Waals surface area contributed by atoms with E-state index >= 15 is 0 Å². The summed E-state index contributed by atoms with van der Waals surface area (Å²) in [6.07, 6.45) is 0.666. The molecule has 1 aromatic carbocycles. The first-order valence-electron chi connectivity index (χ1n) is 10.6.